The van der Waals surface area contributed by atoms with Gasteiger partial charge in [-0.05, 0) is 36.4 Å². The van der Waals surface area contributed by atoms with Crippen molar-refractivity contribution in [2.75, 3.05) is 12.4 Å². The number of carbonyl (C=O) groups is 3. The summed E-state index contributed by atoms with van der Waals surface area (Å²) in [7, 11) is 1.38. The minimum atomic E-state index is -3.12. The number of imidazole rings is 1. The molecule has 4 N–H and O–H groups in total. The number of hydrogen-bond donors (Lipinski definition) is 3. The van der Waals surface area contributed by atoms with Crippen LogP contribution in [0.5, 0.6) is 5.75 Å². The number of rotatable bonds is 7. The summed E-state index contributed by atoms with van der Waals surface area (Å²) in [4.78, 5) is 39.9. The van der Waals surface area contributed by atoms with Gasteiger partial charge in [0.15, 0.2) is 5.69 Å². The number of nitrogens with zero attached hydrogens (tertiary/aromatic N) is 2. The number of primary amides is 1. The van der Waals surface area contributed by atoms with E-state index in [2.05, 4.69) is 20.4 Å². The second kappa shape index (κ2) is 9.20. The van der Waals surface area contributed by atoms with E-state index in [1.54, 1.807) is 0 Å². The lowest BCUT2D eigenvalue weighted by molar-refractivity contribution is -0.0500. The number of amides is 3. The van der Waals surface area contributed by atoms with Gasteiger partial charge in [0.1, 0.15) is 23.6 Å². The Morgan fingerprint density at radius 1 is 1.09 bits per heavy atom. The van der Waals surface area contributed by atoms with Gasteiger partial charge in [-0.2, -0.15) is 8.78 Å². The van der Waals surface area contributed by atoms with Crippen molar-refractivity contribution in [2.24, 2.45) is 5.73 Å². The van der Waals surface area contributed by atoms with E-state index < -0.39 is 35.9 Å². The largest absolute Gasteiger partial charge is 0.435 e. The van der Waals surface area contributed by atoms with Crippen molar-refractivity contribution in [1.82, 2.24) is 14.9 Å². The lowest BCUT2D eigenvalue weighted by atomic mass is 10.1. The molecule has 3 rings (SSSR count). The lowest BCUT2D eigenvalue weighted by Crippen LogP contribution is -2.25. The predicted molar refractivity (Wildman–Crippen MR) is 106 cm³/mol. The van der Waals surface area contributed by atoms with E-state index in [4.69, 9.17) is 5.73 Å². The molecule has 32 heavy (non-hydrogen) atoms. The molecule has 12 heteroatoms. The van der Waals surface area contributed by atoms with Gasteiger partial charge in [0.2, 0.25) is 0 Å². The number of carbonyl (C=O) groups excluding carboxylic acids is 3. The van der Waals surface area contributed by atoms with E-state index in [1.807, 2.05) is 0 Å². The Hall–Kier alpha value is -4.35. The Balaban J connectivity index is 1.80. The molecule has 1 heterocycles. The number of hydrogen-bond acceptors (Lipinski definition) is 5. The van der Waals surface area contributed by atoms with E-state index in [0.717, 1.165) is 12.1 Å². The fraction of sp³-hybridized carbons (Fsp3) is 0.100. The van der Waals surface area contributed by atoms with Gasteiger partial charge in [-0.15, -0.1) is 0 Å². The van der Waals surface area contributed by atoms with Crippen LogP contribution in [0.4, 0.5) is 18.9 Å². The molecule has 0 unspecified atom stereocenters. The second-order valence-corrected chi connectivity index (χ2v) is 6.28. The molecule has 0 atom stereocenters. The van der Waals surface area contributed by atoms with Crippen LogP contribution in [0, 0.1) is 5.82 Å². The SMILES string of the molecule is CNC(=O)c1ncn(-c2ccc(NC(=O)c3ccc(OC(F)F)cc3F)cc2)c1C(N)=O. The third kappa shape index (κ3) is 4.69. The molecular weight excluding hydrogens is 431 g/mol. The van der Waals surface area contributed by atoms with Gasteiger partial charge in [0.05, 0.1) is 5.56 Å². The van der Waals surface area contributed by atoms with E-state index in [-0.39, 0.29) is 22.6 Å². The van der Waals surface area contributed by atoms with Gasteiger partial charge in [-0.1, -0.05) is 0 Å². The zero-order valence-electron chi connectivity index (χ0n) is 16.4. The molecule has 3 amide bonds. The molecule has 0 aliphatic rings. The predicted octanol–water partition coefficient (Wildman–Crippen LogP) is 2.32. The van der Waals surface area contributed by atoms with Crippen molar-refractivity contribution in [3.05, 3.63) is 71.6 Å². The van der Waals surface area contributed by atoms with Crippen LogP contribution in [0.3, 0.4) is 0 Å². The van der Waals surface area contributed by atoms with Crippen molar-refractivity contribution >= 4 is 23.4 Å². The maximum atomic E-state index is 14.1. The first-order chi connectivity index (χ1) is 15.2. The molecule has 0 fully saturated rings. The average molecular weight is 447 g/mol. The highest BCUT2D eigenvalue weighted by molar-refractivity contribution is 6.05. The number of ether oxygens (including phenoxy) is 1. The standard InChI is InChI=1S/C20H16F3N5O4/c1-25-19(31)15-16(17(24)29)28(9-26-15)11-4-2-10(3-5-11)27-18(30)13-7-6-12(8-14(13)21)32-20(22)23/h2-9,20H,1H3,(H2,24,29)(H,25,31)(H,27,30). The highest BCUT2D eigenvalue weighted by Gasteiger charge is 2.22. The summed E-state index contributed by atoms with van der Waals surface area (Å²) in [5.41, 5.74) is 5.42. The molecule has 0 saturated heterocycles. The van der Waals surface area contributed by atoms with Crippen LogP contribution in [-0.4, -0.2) is 40.9 Å². The van der Waals surface area contributed by atoms with Crippen molar-refractivity contribution in [3.63, 3.8) is 0 Å². The molecule has 0 aliphatic heterocycles. The molecule has 9 nitrogen and oxygen atoms in total. The molecule has 0 aliphatic carbocycles. The van der Waals surface area contributed by atoms with E-state index in [0.29, 0.717) is 11.8 Å². The number of aromatic nitrogens is 2. The molecule has 0 bridgehead atoms. The van der Waals surface area contributed by atoms with Crippen molar-refractivity contribution in [2.45, 2.75) is 6.61 Å². The molecule has 0 saturated carbocycles. The first-order valence-electron chi connectivity index (χ1n) is 8.96. The van der Waals surface area contributed by atoms with Crippen LogP contribution >= 0.6 is 0 Å². The molecule has 166 valence electrons. The van der Waals surface area contributed by atoms with Crippen LogP contribution in [0.2, 0.25) is 0 Å². The third-order valence-electron chi connectivity index (χ3n) is 4.26. The van der Waals surface area contributed by atoms with Gasteiger partial charge < -0.3 is 21.1 Å². The number of anilines is 1. The molecule has 0 radical (unpaired) electrons. The summed E-state index contributed by atoms with van der Waals surface area (Å²) in [5, 5.41) is 4.82. The maximum absolute atomic E-state index is 14.1. The van der Waals surface area contributed by atoms with Gasteiger partial charge in [0.25, 0.3) is 17.7 Å². The fourth-order valence-corrected chi connectivity index (χ4v) is 2.82. The number of nitrogens with two attached hydrogens (primary N) is 1. The zero-order valence-corrected chi connectivity index (χ0v) is 16.4. The summed E-state index contributed by atoms with van der Waals surface area (Å²) in [6, 6.07) is 8.68. The van der Waals surface area contributed by atoms with E-state index in [1.165, 1.54) is 42.2 Å². The smallest absolute Gasteiger partial charge is 0.387 e. The summed E-state index contributed by atoms with van der Waals surface area (Å²) < 4.78 is 43.9. The van der Waals surface area contributed by atoms with E-state index >= 15 is 0 Å². The minimum absolute atomic E-state index is 0.130. The maximum Gasteiger partial charge on any atom is 0.387 e. The minimum Gasteiger partial charge on any atom is -0.435 e. The molecule has 1 aromatic heterocycles. The summed E-state index contributed by atoms with van der Waals surface area (Å²) in [6.45, 7) is -3.12. The third-order valence-corrected chi connectivity index (χ3v) is 4.26. The van der Waals surface area contributed by atoms with Gasteiger partial charge >= 0.3 is 6.61 Å². The fourth-order valence-electron chi connectivity index (χ4n) is 2.82. The number of benzene rings is 2. The Kier molecular flexibility index (Phi) is 6.42. The van der Waals surface area contributed by atoms with Gasteiger partial charge in [-0.3, -0.25) is 19.0 Å². The summed E-state index contributed by atoms with van der Waals surface area (Å²) in [6.07, 6.45) is 1.25. The molecule has 2 aromatic carbocycles. The van der Waals surface area contributed by atoms with Crippen molar-refractivity contribution in [1.29, 1.82) is 0 Å². The van der Waals surface area contributed by atoms with Crippen LogP contribution in [0.15, 0.2) is 48.8 Å². The molecule has 0 spiro atoms. The summed E-state index contributed by atoms with van der Waals surface area (Å²) >= 11 is 0. The normalized spacial score (nSPS) is 10.7. The van der Waals surface area contributed by atoms with Crippen molar-refractivity contribution in [3.8, 4) is 11.4 Å². The number of nitrogens with one attached hydrogen (secondary N) is 2. The van der Waals surface area contributed by atoms with Crippen LogP contribution in [0.1, 0.15) is 31.3 Å². The van der Waals surface area contributed by atoms with E-state index in [9.17, 15) is 27.6 Å². The summed E-state index contributed by atoms with van der Waals surface area (Å²) in [5.74, 6) is -3.73. The van der Waals surface area contributed by atoms with Gasteiger partial charge in [-0.25, -0.2) is 9.37 Å². The average Bonchev–Trinajstić information content (AvgIpc) is 3.18. The molecular formula is C20H16F3N5O4. The Labute approximate surface area is 179 Å². The highest BCUT2D eigenvalue weighted by Crippen LogP contribution is 2.21. The topological polar surface area (TPSA) is 128 Å². The first-order valence-corrected chi connectivity index (χ1v) is 8.96. The first kappa shape index (κ1) is 22.3. The highest BCUT2D eigenvalue weighted by atomic mass is 19.3. The quantitative estimate of drug-likeness (QED) is 0.512. The number of halogens is 3. The number of alkyl halides is 2. The van der Waals surface area contributed by atoms with Crippen molar-refractivity contribution < 1.29 is 32.3 Å². The Bertz CT molecular complexity index is 1180. The molecule has 3 aromatic rings. The Morgan fingerprint density at radius 3 is 2.34 bits per heavy atom. The zero-order chi connectivity index (χ0) is 23.4. The van der Waals surface area contributed by atoms with Crippen LogP contribution in [-0.2, 0) is 0 Å². The second-order valence-electron chi connectivity index (χ2n) is 6.28. The monoisotopic (exact) mass is 447 g/mol. The van der Waals surface area contributed by atoms with Crippen LogP contribution < -0.4 is 21.1 Å². The Morgan fingerprint density at radius 2 is 1.78 bits per heavy atom. The van der Waals surface area contributed by atoms with Crippen LogP contribution in [0.25, 0.3) is 5.69 Å². The van der Waals surface area contributed by atoms with Gasteiger partial charge in [0, 0.05) is 24.5 Å². The lowest BCUT2D eigenvalue weighted by Gasteiger charge is -2.10.